The Bertz CT molecular complexity index is 1860. The number of carbonyl (C=O) groups is 2. The Labute approximate surface area is 279 Å². The molecule has 2 atom stereocenters. The quantitative estimate of drug-likeness (QED) is 0.327. The van der Waals surface area contributed by atoms with E-state index in [0.29, 0.717) is 47.8 Å². The molecule has 3 aromatic carbocycles. The van der Waals surface area contributed by atoms with Crippen LogP contribution in [0.15, 0.2) is 65.6 Å². The second kappa shape index (κ2) is 12.8. The Balaban J connectivity index is 1.62. The fraction of sp³-hybridized carbons (Fsp3) is 0.382. The number of methoxy groups -OCH3 is 1. The zero-order chi connectivity index (χ0) is 33.5. The molecule has 0 spiro atoms. The van der Waals surface area contributed by atoms with Gasteiger partial charge in [0.1, 0.15) is 5.75 Å². The van der Waals surface area contributed by atoms with Crippen LogP contribution in [0.3, 0.4) is 0 Å². The highest BCUT2D eigenvalue weighted by Gasteiger charge is 2.63. The smallest absolute Gasteiger partial charge is 0.410 e. The standard InChI is InChI=1S/C34H36ClN5O6S/c1-37(2)33(42)46-31-7-6-18-39(31)34(28-19-24(10-15-30(28)45-3)22-38-16-4-5-17-38)27-20-25(35)11-14-29(27)40(32(34)41)47(43,44)26-12-8-23(21-36)9-13-26/h8-15,19-20,31H,4-7,16-18,22H2,1-3H3/t31-,34?/m0/s1. The zero-order valence-corrected chi connectivity index (χ0v) is 28.1. The van der Waals surface area contributed by atoms with E-state index in [4.69, 9.17) is 21.1 Å². The number of nitrogens with zero attached hydrogens (tertiary/aromatic N) is 5. The maximum atomic E-state index is 15.4. The molecular formula is C34H36ClN5O6S. The van der Waals surface area contributed by atoms with Crippen molar-refractivity contribution in [2.45, 2.75) is 48.9 Å². The highest BCUT2D eigenvalue weighted by Crippen LogP contribution is 2.55. The van der Waals surface area contributed by atoms with Crippen molar-refractivity contribution in [3.8, 4) is 11.8 Å². The van der Waals surface area contributed by atoms with Gasteiger partial charge in [-0.2, -0.15) is 5.26 Å². The molecule has 0 aliphatic carbocycles. The van der Waals surface area contributed by atoms with Crippen LogP contribution in [-0.4, -0.2) is 82.2 Å². The number of rotatable bonds is 8. The minimum atomic E-state index is -4.51. The number of hydrogen-bond acceptors (Lipinski definition) is 9. The molecule has 6 rings (SSSR count). The van der Waals surface area contributed by atoms with Crippen LogP contribution >= 0.6 is 11.6 Å². The van der Waals surface area contributed by atoms with Gasteiger partial charge in [0.05, 0.1) is 29.3 Å². The van der Waals surface area contributed by atoms with Gasteiger partial charge in [-0.15, -0.1) is 0 Å². The van der Waals surface area contributed by atoms with Crippen LogP contribution in [0.25, 0.3) is 0 Å². The summed E-state index contributed by atoms with van der Waals surface area (Å²) in [5.74, 6) is -0.403. The largest absolute Gasteiger partial charge is 0.496 e. The number of carbonyl (C=O) groups excluding carboxylic acids is 2. The number of fused-ring (bicyclic) bond motifs is 1. The first-order valence-electron chi connectivity index (χ1n) is 15.5. The molecule has 246 valence electrons. The number of halogens is 1. The fourth-order valence-electron chi connectivity index (χ4n) is 6.88. The number of sulfonamides is 1. The van der Waals surface area contributed by atoms with Crippen molar-refractivity contribution in [1.29, 1.82) is 5.26 Å². The van der Waals surface area contributed by atoms with E-state index in [1.165, 1.54) is 42.3 Å². The molecule has 0 aromatic heterocycles. The molecule has 0 radical (unpaired) electrons. The Hall–Kier alpha value is -4.15. The van der Waals surface area contributed by atoms with Gasteiger partial charge in [0.25, 0.3) is 15.9 Å². The molecule has 2 saturated heterocycles. The lowest BCUT2D eigenvalue weighted by Crippen LogP contribution is -2.57. The van der Waals surface area contributed by atoms with E-state index in [2.05, 4.69) is 4.90 Å². The minimum Gasteiger partial charge on any atom is -0.496 e. The van der Waals surface area contributed by atoms with Crippen molar-refractivity contribution in [1.82, 2.24) is 14.7 Å². The average molecular weight is 678 g/mol. The van der Waals surface area contributed by atoms with Crippen LogP contribution in [0.4, 0.5) is 10.5 Å². The second-order valence-corrected chi connectivity index (χ2v) is 14.4. The second-order valence-electron chi connectivity index (χ2n) is 12.2. The number of benzene rings is 3. The van der Waals surface area contributed by atoms with Crippen molar-refractivity contribution in [2.75, 3.05) is 45.1 Å². The first-order valence-corrected chi connectivity index (χ1v) is 17.3. The third kappa shape index (κ3) is 5.61. The minimum absolute atomic E-state index is 0.125. The van der Waals surface area contributed by atoms with E-state index in [1.807, 2.05) is 18.2 Å². The Kier molecular flexibility index (Phi) is 8.93. The lowest BCUT2D eigenvalue weighted by molar-refractivity contribution is -0.132. The van der Waals surface area contributed by atoms with Gasteiger partial charge in [0, 0.05) is 43.3 Å². The molecule has 11 nitrogen and oxygen atoms in total. The lowest BCUT2D eigenvalue weighted by atomic mass is 9.80. The number of anilines is 1. The molecule has 2 fully saturated rings. The molecule has 0 bridgehead atoms. The summed E-state index contributed by atoms with van der Waals surface area (Å²) in [5, 5.41) is 9.60. The lowest BCUT2D eigenvalue weighted by Gasteiger charge is -2.41. The van der Waals surface area contributed by atoms with Crippen LogP contribution in [0.1, 0.15) is 47.9 Å². The molecule has 3 aliphatic rings. The number of nitriles is 1. The third-order valence-electron chi connectivity index (χ3n) is 9.07. The SMILES string of the molecule is COc1ccc(CN2CCCC2)cc1C1(N2CCC[C@@H]2OC(=O)N(C)C)C(=O)N(S(=O)(=O)c2ccc(C#N)cc2)c2ccc(Cl)cc21. The van der Waals surface area contributed by atoms with Gasteiger partial charge >= 0.3 is 6.09 Å². The van der Waals surface area contributed by atoms with E-state index in [-0.39, 0.29) is 16.1 Å². The summed E-state index contributed by atoms with van der Waals surface area (Å²) in [4.78, 5) is 33.6. The number of ether oxygens (including phenoxy) is 2. The van der Waals surface area contributed by atoms with Crippen LogP contribution in [0.5, 0.6) is 5.75 Å². The van der Waals surface area contributed by atoms with Crippen LogP contribution in [0, 0.1) is 11.3 Å². The van der Waals surface area contributed by atoms with E-state index >= 15 is 4.79 Å². The maximum Gasteiger partial charge on any atom is 0.410 e. The molecule has 2 amide bonds. The van der Waals surface area contributed by atoms with Gasteiger partial charge in [-0.3, -0.25) is 9.69 Å². The summed E-state index contributed by atoms with van der Waals surface area (Å²) >= 11 is 6.63. The molecule has 0 N–H and O–H groups in total. The Morgan fingerprint density at radius 1 is 1.02 bits per heavy atom. The van der Waals surface area contributed by atoms with E-state index in [1.54, 1.807) is 37.2 Å². The van der Waals surface area contributed by atoms with Crippen LogP contribution < -0.4 is 9.04 Å². The summed E-state index contributed by atoms with van der Waals surface area (Å²) in [5.41, 5.74) is 0.279. The molecule has 3 aromatic rings. The number of amides is 2. The summed E-state index contributed by atoms with van der Waals surface area (Å²) in [6.07, 6.45) is 1.74. The van der Waals surface area contributed by atoms with Crippen LogP contribution in [0.2, 0.25) is 5.02 Å². The van der Waals surface area contributed by atoms with Gasteiger partial charge < -0.3 is 14.4 Å². The highest BCUT2D eigenvalue weighted by atomic mass is 35.5. The van der Waals surface area contributed by atoms with Gasteiger partial charge in [0.15, 0.2) is 11.8 Å². The summed E-state index contributed by atoms with van der Waals surface area (Å²) in [7, 11) is 0.140. The van der Waals surface area contributed by atoms with Crippen LogP contribution in [-0.2, 0) is 31.6 Å². The van der Waals surface area contributed by atoms with Gasteiger partial charge in [0.2, 0.25) is 0 Å². The topological polar surface area (TPSA) is 123 Å². The molecule has 47 heavy (non-hydrogen) atoms. The van der Waals surface area contributed by atoms with Crippen molar-refractivity contribution in [3.05, 3.63) is 87.9 Å². The normalized spacial score (nSPS) is 21.5. The summed E-state index contributed by atoms with van der Waals surface area (Å²) in [6, 6.07) is 17.7. The molecule has 0 saturated carbocycles. The molecule has 3 aliphatic heterocycles. The molecule has 1 unspecified atom stereocenters. The Morgan fingerprint density at radius 2 is 1.74 bits per heavy atom. The monoisotopic (exact) mass is 677 g/mol. The number of likely N-dealkylation sites (tertiary alicyclic amines) is 2. The maximum absolute atomic E-state index is 15.4. The predicted molar refractivity (Wildman–Crippen MR) is 175 cm³/mol. The van der Waals surface area contributed by atoms with E-state index in [9.17, 15) is 18.5 Å². The number of hydrogen-bond donors (Lipinski definition) is 0. The van der Waals surface area contributed by atoms with E-state index in [0.717, 1.165) is 35.8 Å². The first-order chi connectivity index (χ1) is 22.5. The molecule has 3 heterocycles. The predicted octanol–water partition coefficient (Wildman–Crippen LogP) is 4.92. The summed E-state index contributed by atoms with van der Waals surface area (Å²) < 4.78 is 41.6. The van der Waals surface area contributed by atoms with Gasteiger partial charge in [-0.25, -0.2) is 22.4 Å². The Morgan fingerprint density at radius 3 is 2.40 bits per heavy atom. The van der Waals surface area contributed by atoms with Gasteiger partial charge in [-0.05, 0) is 98.9 Å². The molecular weight excluding hydrogens is 642 g/mol. The van der Waals surface area contributed by atoms with Crippen molar-refractivity contribution in [3.63, 3.8) is 0 Å². The summed E-state index contributed by atoms with van der Waals surface area (Å²) in [6.45, 7) is 2.85. The van der Waals surface area contributed by atoms with Crippen molar-refractivity contribution < 1.29 is 27.5 Å². The average Bonchev–Trinajstić information content (AvgIpc) is 3.80. The molecule has 13 heteroatoms. The zero-order valence-electron chi connectivity index (χ0n) is 26.5. The van der Waals surface area contributed by atoms with Crippen molar-refractivity contribution >= 4 is 39.3 Å². The van der Waals surface area contributed by atoms with Gasteiger partial charge in [-0.1, -0.05) is 17.7 Å². The van der Waals surface area contributed by atoms with E-state index < -0.39 is 33.8 Å². The highest BCUT2D eigenvalue weighted by molar-refractivity contribution is 7.93. The fourth-order valence-corrected chi connectivity index (χ4v) is 8.52. The third-order valence-corrected chi connectivity index (χ3v) is 11.0. The van der Waals surface area contributed by atoms with Crippen molar-refractivity contribution in [2.24, 2.45) is 0 Å². The first kappa shape index (κ1) is 32.8.